The zero-order valence-electron chi connectivity index (χ0n) is 11.0. The Morgan fingerprint density at radius 1 is 1.68 bits per heavy atom. The summed E-state index contributed by atoms with van der Waals surface area (Å²) in [6.07, 6.45) is 2.86. The average Bonchev–Trinajstić information content (AvgIpc) is 2.39. The number of rotatable bonds is 3. The van der Waals surface area contributed by atoms with Crippen molar-refractivity contribution in [1.82, 2.24) is 4.98 Å². The Hall–Kier alpha value is -1.82. The van der Waals surface area contributed by atoms with E-state index in [1.165, 1.54) is 6.07 Å². The molecule has 0 aliphatic carbocycles. The van der Waals surface area contributed by atoms with Crippen LogP contribution in [-0.2, 0) is 4.74 Å². The number of carbonyl (C=O) groups excluding carboxylic acids is 1. The summed E-state index contributed by atoms with van der Waals surface area (Å²) in [5.41, 5.74) is 6.71. The molecule has 0 bridgehead atoms. The number of carbonyl (C=O) groups is 1. The summed E-state index contributed by atoms with van der Waals surface area (Å²) in [5, 5.41) is 9.73. The summed E-state index contributed by atoms with van der Waals surface area (Å²) >= 11 is 0. The lowest BCUT2D eigenvalue weighted by Crippen LogP contribution is -2.39. The lowest BCUT2D eigenvalue weighted by Gasteiger charge is -2.32. The van der Waals surface area contributed by atoms with E-state index in [9.17, 15) is 9.90 Å². The number of esters is 1. The van der Waals surface area contributed by atoms with Crippen LogP contribution in [0.5, 0.6) is 0 Å². The molecule has 6 heteroatoms. The first-order valence-electron chi connectivity index (χ1n) is 6.47. The van der Waals surface area contributed by atoms with Gasteiger partial charge in [0.05, 0.1) is 30.2 Å². The highest BCUT2D eigenvalue weighted by Gasteiger charge is 2.23. The number of β-amino-alcohol motifs (C(OH)–C–C–N with tert-alkyl or cyclic N) is 1. The number of aromatic nitrogens is 1. The molecule has 2 heterocycles. The van der Waals surface area contributed by atoms with Gasteiger partial charge in [-0.3, -0.25) is 0 Å². The van der Waals surface area contributed by atoms with Gasteiger partial charge in [-0.1, -0.05) is 0 Å². The predicted octanol–water partition coefficient (Wildman–Crippen LogP) is 0.802. The molecule has 104 valence electrons. The fourth-order valence-electron chi connectivity index (χ4n) is 2.26. The van der Waals surface area contributed by atoms with E-state index in [2.05, 4.69) is 4.98 Å². The number of nitrogens with zero attached hydrogens (tertiary/aromatic N) is 2. The molecule has 19 heavy (non-hydrogen) atoms. The first-order valence-corrected chi connectivity index (χ1v) is 6.47. The molecule has 2 rings (SSSR count). The number of nitrogens with two attached hydrogens (primary N) is 1. The number of aliphatic hydroxyl groups excluding tert-OH is 1. The molecule has 1 fully saturated rings. The van der Waals surface area contributed by atoms with Gasteiger partial charge in [0.2, 0.25) is 0 Å². The molecule has 6 nitrogen and oxygen atoms in total. The van der Waals surface area contributed by atoms with E-state index in [1.807, 2.05) is 4.90 Å². The summed E-state index contributed by atoms with van der Waals surface area (Å²) in [5.74, 6) is -0.129. The average molecular weight is 265 g/mol. The van der Waals surface area contributed by atoms with Gasteiger partial charge in [-0.25, -0.2) is 9.78 Å². The smallest absolute Gasteiger partial charge is 0.340 e. The molecular formula is C13H19N3O3. The summed E-state index contributed by atoms with van der Waals surface area (Å²) in [6, 6.07) is 1.52. The molecule has 1 unspecified atom stereocenters. The topological polar surface area (TPSA) is 88.7 Å². The summed E-state index contributed by atoms with van der Waals surface area (Å²) in [6.45, 7) is 3.35. The van der Waals surface area contributed by atoms with Crippen molar-refractivity contribution in [3.05, 3.63) is 17.8 Å². The van der Waals surface area contributed by atoms with Crippen molar-refractivity contribution < 1.29 is 14.6 Å². The second kappa shape index (κ2) is 5.88. The van der Waals surface area contributed by atoms with Gasteiger partial charge in [0.1, 0.15) is 5.82 Å². The Kier molecular flexibility index (Phi) is 4.21. The maximum absolute atomic E-state index is 11.9. The minimum atomic E-state index is -0.410. The second-order valence-electron chi connectivity index (χ2n) is 4.59. The van der Waals surface area contributed by atoms with Crippen molar-refractivity contribution in [2.75, 3.05) is 30.3 Å². The highest BCUT2D eigenvalue weighted by Crippen LogP contribution is 2.25. The van der Waals surface area contributed by atoms with Crippen LogP contribution in [0.3, 0.4) is 0 Å². The third-order valence-electron chi connectivity index (χ3n) is 3.14. The van der Waals surface area contributed by atoms with E-state index in [0.29, 0.717) is 24.4 Å². The van der Waals surface area contributed by atoms with Crippen LogP contribution in [0.4, 0.5) is 11.5 Å². The summed E-state index contributed by atoms with van der Waals surface area (Å²) in [4.78, 5) is 17.9. The van der Waals surface area contributed by atoms with E-state index in [1.54, 1.807) is 13.1 Å². The molecular weight excluding hydrogens is 246 g/mol. The molecule has 0 aromatic carbocycles. The van der Waals surface area contributed by atoms with Gasteiger partial charge >= 0.3 is 5.97 Å². The minimum absolute atomic E-state index is 0.282. The number of pyridine rings is 1. The second-order valence-corrected chi connectivity index (χ2v) is 4.59. The van der Waals surface area contributed by atoms with E-state index >= 15 is 0 Å². The van der Waals surface area contributed by atoms with Crippen molar-refractivity contribution in [1.29, 1.82) is 0 Å². The zero-order chi connectivity index (χ0) is 13.8. The Morgan fingerprint density at radius 3 is 3.16 bits per heavy atom. The van der Waals surface area contributed by atoms with Gasteiger partial charge < -0.3 is 20.5 Å². The van der Waals surface area contributed by atoms with Crippen LogP contribution in [0.15, 0.2) is 12.3 Å². The van der Waals surface area contributed by atoms with E-state index in [-0.39, 0.29) is 11.9 Å². The van der Waals surface area contributed by atoms with Crippen molar-refractivity contribution >= 4 is 17.5 Å². The fourth-order valence-corrected chi connectivity index (χ4v) is 2.26. The standard InChI is InChI=1S/C13H19N3O3/c1-2-19-13(18)10-6-12(14)15-7-11(10)16-5-3-4-9(17)8-16/h6-7,9,17H,2-5,8H2,1H3,(H2,14,15). The molecule has 1 aromatic heterocycles. The number of hydrogen-bond acceptors (Lipinski definition) is 6. The summed E-state index contributed by atoms with van der Waals surface area (Å²) < 4.78 is 5.03. The molecule has 0 radical (unpaired) electrons. The first kappa shape index (κ1) is 13.6. The van der Waals surface area contributed by atoms with Crippen LogP contribution in [0, 0.1) is 0 Å². The number of aliphatic hydroxyl groups is 1. The zero-order valence-corrected chi connectivity index (χ0v) is 11.0. The monoisotopic (exact) mass is 265 g/mol. The van der Waals surface area contributed by atoms with Crippen LogP contribution < -0.4 is 10.6 Å². The molecule has 3 N–H and O–H groups in total. The van der Waals surface area contributed by atoms with Crippen LogP contribution in [-0.4, -0.2) is 41.9 Å². The van der Waals surface area contributed by atoms with E-state index in [0.717, 1.165) is 19.4 Å². The van der Waals surface area contributed by atoms with E-state index in [4.69, 9.17) is 10.5 Å². The Morgan fingerprint density at radius 2 is 2.47 bits per heavy atom. The molecule has 1 atom stereocenters. The van der Waals surface area contributed by atoms with Gasteiger partial charge in [-0.15, -0.1) is 0 Å². The Balaban J connectivity index is 2.30. The van der Waals surface area contributed by atoms with Crippen molar-refractivity contribution in [3.63, 3.8) is 0 Å². The Bertz CT molecular complexity index is 464. The minimum Gasteiger partial charge on any atom is -0.462 e. The third-order valence-corrected chi connectivity index (χ3v) is 3.14. The molecule has 0 spiro atoms. The van der Waals surface area contributed by atoms with Gasteiger partial charge in [-0.05, 0) is 25.8 Å². The number of nitrogen functional groups attached to an aromatic ring is 1. The quantitative estimate of drug-likeness (QED) is 0.786. The van der Waals surface area contributed by atoms with Crippen molar-refractivity contribution in [2.24, 2.45) is 0 Å². The maximum atomic E-state index is 11.9. The van der Waals surface area contributed by atoms with Crippen molar-refractivity contribution in [3.8, 4) is 0 Å². The predicted molar refractivity (Wildman–Crippen MR) is 72.1 cm³/mol. The molecule has 1 aliphatic heterocycles. The van der Waals surface area contributed by atoms with Gasteiger partial charge in [0.15, 0.2) is 0 Å². The molecule has 1 saturated heterocycles. The Labute approximate surface area is 112 Å². The molecule has 1 aliphatic rings. The third kappa shape index (κ3) is 3.14. The number of ether oxygens (including phenoxy) is 1. The summed E-state index contributed by atoms with van der Waals surface area (Å²) in [7, 11) is 0. The van der Waals surface area contributed by atoms with Crippen LogP contribution >= 0.6 is 0 Å². The van der Waals surface area contributed by atoms with Crippen LogP contribution in [0.1, 0.15) is 30.1 Å². The number of anilines is 2. The number of piperidine rings is 1. The normalized spacial score (nSPS) is 19.3. The van der Waals surface area contributed by atoms with Crippen LogP contribution in [0.25, 0.3) is 0 Å². The highest BCUT2D eigenvalue weighted by molar-refractivity contribution is 5.96. The highest BCUT2D eigenvalue weighted by atomic mass is 16.5. The maximum Gasteiger partial charge on any atom is 0.340 e. The number of hydrogen-bond donors (Lipinski definition) is 2. The molecule has 0 saturated carbocycles. The molecule has 1 aromatic rings. The largest absolute Gasteiger partial charge is 0.462 e. The van der Waals surface area contributed by atoms with E-state index < -0.39 is 5.97 Å². The lowest BCUT2D eigenvalue weighted by molar-refractivity contribution is 0.0526. The van der Waals surface area contributed by atoms with Crippen molar-refractivity contribution in [2.45, 2.75) is 25.9 Å². The first-order chi connectivity index (χ1) is 9.11. The van der Waals surface area contributed by atoms with Gasteiger partial charge in [0.25, 0.3) is 0 Å². The fraction of sp³-hybridized carbons (Fsp3) is 0.538. The van der Waals surface area contributed by atoms with Crippen LogP contribution in [0.2, 0.25) is 0 Å². The van der Waals surface area contributed by atoms with Gasteiger partial charge in [-0.2, -0.15) is 0 Å². The SMILES string of the molecule is CCOC(=O)c1cc(N)ncc1N1CCCC(O)C1. The molecule has 0 amide bonds. The lowest BCUT2D eigenvalue weighted by atomic mass is 10.1. The van der Waals surface area contributed by atoms with Gasteiger partial charge in [0, 0.05) is 13.1 Å².